The Hall–Kier alpha value is -1.51. The second-order valence-electron chi connectivity index (χ2n) is 3.41. The monoisotopic (exact) mass is 191 g/mol. The van der Waals surface area contributed by atoms with Gasteiger partial charge in [0.2, 0.25) is 0 Å². The molecule has 0 atom stereocenters. The van der Waals surface area contributed by atoms with Gasteiger partial charge in [-0.1, -0.05) is 19.1 Å². The Bertz CT molecular complexity index is 460. The van der Waals surface area contributed by atoms with Crippen LogP contribution in [0.5, 0.6) is 0 Å². The Kier molecular flexibility index (Phi) is 2.15. The second kappa shape index (κ2) is 3.33. The molecule has 74 valence electrons. The van der Waals surface area contributed by atoms with Crippen LogP contribution in [-0.4, -0.2) is 4.57 Å². The van der Waals surface area contributed by atoms with Crippen LogP contribution in [0.2, 0.25) is 0 Å². The van der Waals surface area contributed by atoms with Crippen LogP contribution in [0.1, 0.15) is 24.8 Å². The highest BCUT2D eigenvalue weighted by atomic mass is 16.4. The lowest BCUT2D eigenvalue weighted by Crippen LogP contribution is -2.10. The molecule has 0 bridgehead atoms. The predicted molar refractivity (Wildman–Crippen MR) is 55.1 cm³/mol. The summed E-state index contributed by atoms with van der Waals surface area (Å²) in [6, 6.07) is 0. The molecule has 0 saturated heterocycles. The molecule has 1 aliphatic rings. The highest BCUT2D eigenvalue weighted by Crippen LogP contribution is 2.18. The number of hydrogen-bond donors (Lipinski definition) is 0. The summed E-state index contributed by atoms with van der Waals surface area (Å²) in [5.41, 5.74) is 2.12. The summed E-state index contributed by atoms with van der Waals surface area (Å²) >= 11 is 0. The zero-order valence-electron chi connectivity index (χ0n) is 8.41. The number of hydrogen-bond acceptors (Lipinski definition) is 2. The van der Waals surface area contributed by atoms with Gasteiger partial charge in [0, 0.05) is 13.5 Å². The van der Waals surface area contributed by atoms with Crippen molar-refractivity contribution in [3.05, 3.63) is 39.7 Å². The van der Waals surface area contributed by atoms with Gasteiger partial charge in [0.05, 0.1) is 5.69 Å². The molecule has 0 N–H and O–H groups in total. The molecule has 3 nitrogen and oxygen atoms in total. The molecule has 3 heteroatoms. The fourth-order valence-corrected chi connectivity index (χ4v) is 1.60. The van der Waals surface area contributed by atoms with Crippen LogP contribution in [0.25, 0.3) is 6.08 Å². The number of oxazole rings is 1. The lowest BCUT2D eigenvalue weighted by molar-refractivity contribution is 0.464. The molecule has 1 aromatic rings. The second-order valence-corrected chi connectivity index (χ2v) is 3.41. The minimum Gasteiger partial charge on any atom is -0.412 e. The molecule has 1 aliphatic carbocycles. The Morgan fingerprint density at radius 2 is 2.36 bits per heavy atom. The summed E-state index contributed by atoms with van der Waals surface area (Å²) in [6.45, 7) is 2.10. The molecule has 2 rings (SSSR count). The van der Waals surface area contributed by atoms with Crippen molar-refractivity contribution in [1.29, 1.82) is 0 Å². The fraction of sp³-hybridized carbons (Fsp3) is 0.364. The van der Waals surface area contributed by atoms with Gasteiger partial charge in [0.15, 0.2) is 0 Å². The average Bonchev–Trinajstić information content (AvgIpc) is 2.41. The van der Waals surface area contributed by atoms with Crippen LogP contribution in [0.15, 0.2) is 26.9 Å². The molecule has 1 aromatic heterocycles. The van der Waals surface area contributed by atoms with E-state index in [0.717, 1.165) is 17.9 Å². The van der Waals surface area contributed by atoms with Crippen LogP contribution in [0.4, 0.5) is 0 Å². The van der Waals surface area contributed by atoms with Crippen LogP contribution >= 0.6 is 0 Å². The van der Waals surface area contributed by atoms with Crippen molar-refractivity contribution in [2.75, 3.05) is 0 Å². The largest absolute Gasteiger partial charge is 0.419 e. The SMILES string of the molecule is CCC1=Cc2c(oc(=O)n2C)CC=C1. The van der Waals surface area contributed by atoms with Gasteiger partial charge in [0.1, 0.15) is 5.76 Å². The topological polar surface area (TPSA) is 35.1 Å². The van der Waals surface area contributed by atoms with Crippen LogP contribution in [0.3, 0.4) is 0 Å². The first-order valence-corrected chi connectivity index (χ1v) is 4.78. The van der Waals surface area contributed by atoms with E-state index in [1.54, 1.807) is 11.6 Å². The highest BCUT2D eigenvalue weighted by Gasteiger charge is 2.12. The highest BCUT2D eigenvalue weighted by molar-refractivity contribution is 5.56. The van der Waals surface area contributed by atoms with E-state index in [-0.39, 0.29) is 5.76 Å². The lowest BCUT2D eigenvalue weighted by Gasteiger charge is -1.96. The summed E-state index contributed by atoms with van der Waals surface area (Å²) in [6.07, 6.45) is 7.80. The normalized spacial score (nSPS) is 14.9. The van der Waals surface area contributed by atoms with E-state index < -0.39 is 0 Å². The van der Waals surface area contributed by atoms with Gasteiger partial charge in [-0.25, -0.2) is 4.79 Å². The van der Waals surface area contributed by atoms with E-state index in [9.17, 15) is 4.79 Å². The van der Waals surface area contributed by atoms with Gasteiger partial charge in [-0.05, 0) is 18.1 Å². The van der Waals surface area contributed by atoms with Crippen molar-refractivity contribution in [3.63, 3.8) is 0 Å². The standard InChI is InChI=1S/C11H13NO2/c1-3-8-5-4-6-10-9(7-8)12(2)11(13)14-10/h4-5,7H,3,6H2,1-2H3. The molecule has 0 saturated carbocycles. The van der Waals surface area contributed by atoms with E-state index in [2.05, 4.69) is 13.0 Å². The van der Waals surface area contributed by atoms with Crippen molar-refractivity contribution in [2.45, 2.75) is 19.8 Å². The van der Waals surface area contributed by atoms with Gasteiger partial charge in [-0.3, -0.25) is 4.57 Å². The number of fused-ring (bicyclic) bond motifs is 1. The van der Waals surface area contributed by atoms with E-state index in [4.69, 9.17) is 4.42 Å². The molecule has 0 amide bonds. The average molecular weight is 191 g/mol. The summed E-state index contributed by atoms with van der Waals surface area (Å²) in [4.78, 5) is 11.3. The van der Waals surface area contributed by atoms with Crippen LogP contribution in [-0.2, 0) is 13.5 Å². The maximum Gasteiger partial charge on any atom is 0.419 e. The van der Waals surface area contributed by atoms with E-state index in [0.29, 0.717) is 6.42 Å². The minimum atomic E-state index is -0.281. The summed E-state index contributed by atoms with van der Waals surface area (Å²) in [7, 11) is 1.74. The molecule has 0 aliphatic heterocycles. The van der Waals surface area contributed by atoms with Crippen LogP contribution in [0, 0.1) is 0 Å². The lowest BCUT2D eigenvalue weighted by atomic mass is 10.2. The first-order chi connectivity index (χ1) is 6.72. The zero-order valence-corrected chi connectivity index (χ0v) is 8.41. The van der Waals surface area contributed by atoms with Gasteiger partial charge in [0.25, 0.3) is 0 Å². The first-order valence-electron chi connectivity index (χ1n) is 4.78. The summed E-state index contributed by atoms with van der Waals surface area (Å²) in [5.74, 6) is 0.481. The van der Waals surface area contributed by atoms with Gasteiger partial charge in [-0.2, -0.15) is 0 Å². The maximum atomic E-state index is 11.3. The third-order valence-electron chi connectivity index (χ3n) is 2.50. The Balaban J connectivity index is 2.60. The molecule has 1 heterocycles. The summed E-state index contributed by atoms with van der Waals surface area (Å²) in [5, 5.41) is 0. The Morgan fingerprint density at radius 3 is 3.07 bits per heavy atom. The molecule has 0 fully saturated rings. The minimum absolute atomic E-state index is 0.281. The van der Waals surface area contributed by atoms with Crippen molar-refractivity contribution in [2.24, 2.45) is 7.05 Å². The van der Waals surface area contributed by atoms with E-state index >= 15 is 0 Å². The Morgan fingerprint density at radius 1 is 1.57 bits per heavy atom. The van der Waals surface area contributed by atoms with Crippen molar-refractivity contribution in [3.8, 4) is 0 Å². The third kappa shape index (κ3) is 1.35. The maximum absolute atomic E-state index is 11.3. The van der Waals surface area contributed by atoms with E-state index in [1.807, 2.05) is 12.2 Å². The van der Waals surface area contributed by atoms with Gasteiger partial charge in [-0.15, -0.1) is 0 Å². The van der Waals surface area contributed by atoms with Crippen molar-refractivity contribution >= 4 is 6.08 Å². The number of nitrogens with zero attached hydrogens (tertiary/aromatic N) is 1. The van der Waals surface area contributed by atoms with Gasteiger partial charge >= 0.3 is 5.76 Å². The first kappa shape index (κ1) is 9.06. The molecule has 0 aromatic carbocycles. The third-order valence-corrected chi connectivity index (χ3v) is 2.50. The molecular formula is C11H13NO2. The molecule has 14 heavy (non-hydrogen) atoms. The zero-order chi connectivity index (χ0) is 10.1. The summed E-state index contributed by atoms with van der Waals surface area (Å²) < 4.78 is 6.67. The fourth-order valence-electron chi connectivity index (χ4n) is 1.60. The van der Waals surface area contributed by atoms with Crippen molar-refractivity contribution in [1.82, 2.24) is 4.57 Å². The molecule has 0 radical (unpaired) electrons. The number of aromatic nitrogens is 1. The molecular weight excluding hydrogens is 178 g/mol. The quantitative estimate of drug-likeness (QED) is 0.679. The number of rotatable bonds is 1. The van der Waals surface area contributed by atoms with E-state index in [1.165, 1.54) is 5.57 Å². The van der Waals surface area contributed by atoms with Crippen molar-refractivity contribution < 1.29 is 4.42 Å². The smallest absolute Gasteiger partial charge is 0.412 e. The number of allylic oxidation sites excluding steroid dienone is 3. The predicted octanol–water partition coefficient (Wildman–Crippen LogP) is 1.88. The Labute approximate surface area is 82.4 Å². The molecule has 0 spiro atoms. The molecule has 0 unspecified atom stereocenters. The van der Waals surface area contributed by atoms with Crippen LogP contribution < -0.4 is 5.76 Å². The van der Waals surface area contributed by atoms with Gasteiger partial charge < -0.3 is 4.42 Å².